The fourth-order valence-corrected chi connectivity index (χ4v) is 2.97. The first-order valence-corrected chi connectivity index (χ1v) is 7.15. The highest BCUT2D eigenvalue weighted by Gasteiger charge is 2.25. The number of fused-ring (bicyclic) bond motifs is 2. The Morgan fingerprint density at radius 1 is 1.48 bits per heavy atom. The van der Waals surface area contributed by atoms with E-state index >= 15 is 0 Å². The van der Waals surface area contributed by atoms with E-state index in [9.17, 15) is 4.79 Å². The van der Waals surface area contributed by atoms with Crippen LogP contribution < -0.4 is 0 Å². The molecule has 4 heteroatoms. The second-order valence-corrected chi connectivity index (χ2v) is 5.51. The van der Waals surface area contributed by atoms with Crippen molar-refractivity contribution in [3.8, 4) is 6.07 Å². The summed E-state index contributed by atoms with van der Waals surface area (Å²) in [7, 11) is 0. The van der Waals surface area contributed by atoms with Gasteiger partial charge in [-0.2, -0.15) is 5.26 Å². The Kier molecular flexibility index (Phi) is 3.57. The van der Waals surface area contributed by atoms with Crippen LogP contribution in [0, 0.1) is 17.2 Å². The summed E-state index contributed by atoms with van der Waals surface area (Å²) in [5.41, 5.74) is 3.40. The van der Waals surface area contributed by atoms with E-state index in [2.05, 4.69) is 6.92 Å². The molecule has 0 saturated heterocycles. The van der Waals surface area contributed by atoms with Gasteiger partial charge in [0.2, 0.25) is 0 Å². The second-order valence-electron chi connectivity index (χ2n) is 5.51. The Labute approximate surface area is 123 Å². The number of esters is 1. The van der Waals surface area contributed by atoms with Gasteiger partial charge in [0.25, 0.3) is 0 Å². The van der Waals surface area contributed by atoms with Gasteiger partial charge in [0.05, 0.1) is 11.1 Å². The topological polar surface area (TPSA) is 63.0 Å². The highest BCUT2D eigenvalue weighted by atomic mass is 16.5. The van der Waals surface area contributed by atoms with E-state index in [4.69, 9.17) is 15.0 Å². The molecule has 0 aliphatic heterocycles. The van der Waals surface area contributed by atoms with Crippen molar-refractivity contribution in [3.05, 3.63) is 41.1 Å². The van der Waals surface area contributed by atoms with Gasteiger partial charge in [-0.1, -0.05) is 25.1 Å². The number of hydrogen-bond acceptors (Lipinski definition) is 4. The van der Waals surface area contributed by atoms with Gasteiger partial charge in [0.1, 0.15) is 6.07 Å². The number of rotatable bonds is 2. The molecule has 1 aliphatic carbocycles. The van der Waals surface area contributed by atoms with Gasteiger partial charge >= 0.3 is 5.97 Å². The standard InChI is InChI=1S/C17H16N2O2/c1-11-6-7-15-13(10-11)16(17(20)21-9-8-18)12-4-2-3-5-14(12)19-15/h2-5,11H,6-7,9-10H2,1H3/t11-/m1/s1. The molecule has 0 spiro atoms. The Morgan fingerprint density at radius 3 is 3.10 bits per heavy atom. The van der Waals surface area contributed by atoms with Crippen LogP contribution in [0.4, 0.5) is 0 Å². The predicted octanol–water partition coefficient (Wildman–Crippen LogP) is 3.04. The number of nitriles is 1. The molecule has 1 heterocycles. The molecule has 106 valence electrons. The maximum atomic E-state index is 12.4. The molecule has 1 atom stereocenters. The summed E-state index contributed by atoms with van der Waals surface area (Å²) in [6, 6.07) is 9.46. The van der Waals surface area contributed by atoms with Crippen molar-refractivity contribution in [2.75, 3.05) is 6.61 Å². The van der Waals surface area contributed by atoms with Crippen LogP contribution in [0.15, 0.2) is 24.3 Å². The van der Waals surface area contributed by atoms with Crippen molar-refractivity contribution < 1.29 is 9.53 Å². The zero-order chi connectivity index (χ0) is 14.8. The SMILES string of the molecule is C[C@@H]1CCc2nc3ccccc3c(C(=O)OCC#N)c2C1. The molecular formula is C17H16N2O2. The first kappa shape index (κ1) is 13.6. The lowest BCUT2D eigenvalue weighted by molar-refractivity contribution is 0.0555. The molecule has 0 saturated carbocycles. The van der Waals surface area contributed by atoms with Crippen molar-refractivity contribution in [3.63, 3.8) is 0 Å². The van der Waals surface area contributed by atoms with Crippen molar-refractivity contribution >= 4 is 16.9 Å². The van der Waals surface area contributed by atoms with Crippen LogP contribution in [0.25, 0.3) is 10.9 Å². The number of nitrogens with zero attached hydrogens (tertiary/aromatic N) is 2. The van der Waals surface area contributed by atoms with Crippen molar-refractivity contribution in [1.29, 1.82) is 5.26 Å². The summed E-state index contributed by atoms with van der Waals surface area (Å²) in [5.74, 6) is 0.114. The molecule has 1 aromatic carbocycles. The minimum Gasteiger partial charge on any atom is -0.447 e. The molecular weight excluding hydrogens is 264 g/mol. The summed E-state index contributed by atoms with van der Waals surface area (Å²) < 4.78 is 5.06. The van der Waals surface area contributed by atoms with Crippen LogP contribution in [-0.4, -0.2) is 17.6 Å². The van der Waals surface area contributed by atoms with E-state index < -0.39 is 5.97 Å². The quantitative estimate of drug-likeness (QED) is 0.793. The van der Waals surface area contributed by atoms with Gasteiger partial charge < -0.3 is 4.74 Å². The average Bonchev–Trinajstić information content (AvgIpc) is 2.50. The molecule has 0 amide bonds. The van der Waals surface area contributed by atoms with Crippen molar-refractivity contribution in [2.45, 2.75) is 26.2 Å². The summed E-state index contributed by atoms with van der Waals surface area (Å²) >= 11 is 0. The zero-order valence-electron chi connectivity index (χ0n) is 11.9. The smallest absolute Gasteiger partial charge is 0.340 e. The van der Waals surface area contributed by atoms with Gasteiger partial charge in [0, 0.05) is 11.1 Å². The van der Waals surface area contributed by atoms with Crippen LogP contribution >= 0.6 is 0 Å². The maximum absolute atomic E-state index is 12.4. The third-order valence-electron chi connectivity index (χ3n) is 3.98. The summed E-state index contributed by atoms with van der Waals surface area (Å²) in [6.07, 6.45) is 2.81. The number of aryl methyl sites for hydroxylation is 1. The highest BCUT2D eigenvalue weighted by Crippen LogP contribution is 2.31. The third kappa shape index (κ3) is 2.47. The second kappa shape index (κ2) is 5.53. The Balaban J connectivity index is 2.20. The molecule has 2 aromatic rings. The number of benzene rings is 1. The van der Waals surface area contributed by atoms with E-state index in [1.165, 1.54) is 0 Å². The molecule has 4 nitrogen and oxygen atoms in total. The van der Waals surface area contributed by atoms with E-state index in [-0.39, 0.29) is 6.61 Å². The van der Waals surface area contributed by atoms with E-state index in [0.717, 1.165) is 41.4 Å². The molecule has 1 aliphatic rings. The lowest BCUT2D eigenvalue weighted by Gasteiger charge is -2.23. The van der Waals surface area contributed by atoms with Gasteiger partial charge in [0.15, 0.2) is 6.61 Å². The Bertz CT molecular complexity index is 746. The predicted molar refractivity (Wildman–Crippen MR) is 78.8 cm³/mol. The largest absolute Gasteiger partial charge is 0.447 e. The summed E-state index contributed by atoms with van der Waals surface area (Å²) in [6.45, 7) is 1.96. The maximum Gasteiger partial charge on any atom is 0.340 e. The van der Waals surface area contributed by atoms with Gasteiger partial charge in [-0.25, -0.2) is 4.79 Å². The third-order valence-corrected chi connectivity index (χ3v) is 3.98. The number of hydrogen-bond donors (Lipinski definition) is 0. The molecule has 0 unspecified atom stereocenters. The van der Waals surface area contributed by atoms with Crippen LogP contribution in [-0.2, 0) is 17.6 Å². The first-order chi connectivity index (χ1) is 10.2. The number of carbonyl (C=O) groups excluding carboxylic acids is 1. The monoisotopic (exact) mass is 280 g/mol. The van der Waals surface area contributed by atoms with Gasteiger partial charge in [-0.05, 0) is 36.8 Å². The first-order valence-electron chi connectivity index (χ1n) is 7.15. The number of ether oxygens (including phenoxy) is 1. The Morgan fingerprint density at radius 2 is 2.29 bits per heavy atom. The Hall–Kier alpha value is -2.41. The molecule has 0 radical (unpaired) electrons. The lowest BCUT2D eigenvalue weighted by Crippen LogP contribution is -2.19. The fraction of sp³-hybridized carbons (Fsp3) is 0.353. The highest BCUT2D eigenvalue weighted by molar-refractivity contribution is 6.05. The number of para-hydroxylation sites is 1. The van der Waals surface area contributed by atoms with Crippen LogP contribution in [0.3, 0.4) is 0 Å². The summed E-state index contributed by atoms with van der Waals surface area (Å²) in [4.78, 5) is 17.1. The molecule has 1 aromatic heterocycles. The van der Waals surface area contributed by atoms with Crippen LogP contribution in [0.2, 0.25) is 0 Å². The van der Waals surface area contributed by atoms with Crippen molar-refractivity contribution in [2.24, 2.45) is 5.92 Å². The lowest BCUT2D eigenvalue weighted by atomic mass is 9.84. The van der Waals surface area contributed by atoms with Crippen molar-refractivity contribution in [1.82, 2.24) is 4.98 Å². The van der Waals surface area contributed by atoms with Gasteiger partial charge in [-0.3, -0.25) is 4.98 Å². The fourth-order valence-electron chi connectivity index (χ4n) is 2.97. The molecule has 0 N–H and O–H groups in total. The van der Waals surface area contributed by atoms with Gasteiger partial charge in [-0.15, -0.1) is 0 Å². The number of pyridine rings is 1. The van der Waals surface area contributed by atoms with E-state index in [0.29, 0.717) is 11.5 Å². The zero-order valence-corrected chi connectivity index (χ0v) is 11.9. The van der Waals surface area contributed by atoms with E-state index in [1.54, 1.807) is 0 Å². The number of aromatic nitrogens is 1. The minimum atomic E-state index is -0.416. The van der Waals surface area contributed by atoms with Crippen LogP contribution in [0.5, 0.6) is 0 Å². The molecule has 3 rings (SSSR count). The molecule has 21 heavy (non-hydrogen) atoms. The number of carbonyl (C=O) groups is 1. The normalized spacial score (nSPS) is 17.0. The summed E-state index contributed by atoms with van der Waals surface area (Å²) in [5, 5.41) is 9.43. The average molecular weight is 280 g/mol. The van der Waals surface area contributed by atoms with Crippen LogP contribution in [0.1, 0.15) is 35.0 Å². The minimum absolute atomic E-state index is 0.222. The molecule has 0 bridgehead atoms. The van der Waals surface area contributed by atoms with E-state index in [1.807, 2.05) is 30.3 Å². The molecule has 0 fully saturated rings.